The number of amides is 1. The number of rotatable bonds is 6. The van der Waals surface area contributed by atoms with Crippen LogP contribution >= 0.6 is 0 Å². The van der Waals surface area contributed by atoms with Crippen molar-refractivity contribution >= 4 is 11.9 Å². The fourth-order valence-corrected chi connectivity index (χ4v) is 2.78. The number of carbonyl (C=O) groups excluding carboxylic acids is 2. The van der Waals surface area contributed by atoms with Crippen molar-refractivity contribution in [3.05, 3.63) is 23.8 Å². The van der Waals surface area contributed by atoms with Crippen LogP contribution in [0.3, 0.4) is 0 Å². The number of aryl methyl sites for hydroxylation is 1. The summed E-state index contributed by atoms with van der Waals surface area (Å²) in [6, 6.07) is 5.55. The number of hydrogen-bond acceptors (Lipinski definition) is 5. The van der Waals surface area contributed by atoms with E-state index >= 15 is 0 Å². The SMILES string of the molecule is CCOC(=O)C1CCCN(C(=O)COc2ccc(C)cc2OC)C1. The molecule has 0 aromatic heterocycles. The zero-order chi connectivity index (χ0) is 17.5. The Morgan fingerprint density at radius 2 is 2.08 bits per heavy atom. The van der Waals surface area contributed by atoms with Gasteiger partial charge in [-0.05, 0) is 44.4 Å². The van der Waals surface area contributed by atoms with Crippen LogP contribution in [-0.2, 0) is 14.3 Å². The van der Waals surface area contributed by atoms with Crippen LogP contribution in [0, 0.1) is 12.8 Å². The van der Waals surface area contributed by atoms with Gasteiger partial charge in [0.15, 0.2) is 18.1 Å². The number of carbonyl (C=O) groups is 2. The largest absolute Gasteiger partial charge is 0.493 e. The predicted octanol–water partition coefficient (Wildman–Crippen LogP) is 2.18. The lowest BCUT2D eigenvalue weighted by molar-refractivity contribution is -0.151. The van der Waals surface area contributed by atoms with Crippen molar-refractivity contribution in [2.75, 3.05) is 33.4 Å². The lowest BCUT2D eigenvalue weighted by Gasteiger charge is -2.31. The van der Waals surface area contributed by atoms with Crippen LogP contribution < -0.4 is 9.47 Å². The van der Waals surface area contributed by atoms with Crippen molar-refractivity contribution < 1.29 is 23.8 Å². The Kier molecular flexibility index (Phi) is 6.46. The minimum atomic E-state index is -0.239. The first kappa shape index (κ1) is 18.1. The van der Waals surface area contributed by atoms with Crippen LogP contribution in [0.2, 0.25) is 0 Å². The van der Waals surface area contributed by atoms with E-state index < -0.39 is 0 Å². The Labute approximate surface area is 142 Å². The van der Waals surface area contributed by atoms with Gasteiger partial charge in [-0.1, -0.05) is 6.07 Å². The van der Waals surface area contributed by atoms with Crippen molar-refractivity contribution in [1.29, 1.82) is 0 Å². The van der Waals surface area contributed by atoms with E-state index in [1.807, 2.05) is 19.1 Å². The van der Waals surface area contributed by atoms with Crippen LogP contribution in [0.15, 0.2) is 18.2 Å². The van der Waals surface area contributed by atoms with Gasteiger partial charge in [0, 0.05) is 13.1 Å². The van der Waals surface area contributed by atoms with Gasteiger partial charge in [-0.2, -0.15) is 0 Å². The van der Waals surface area contributed by atoms with Crippen molar-refractivity contribution in [3.63, 3.8) is 0 Å². The molecular formula is C18H25NO5. The van der Waals surface area contributed by atoms with E-state index in [0.717, 1.165) is 18.4 Å². The molecule has 0 spiro atoms. The number of benzene rings is 1. The molecule has 0 radical (unpaired) electrons. The van der Waals surface area contributed by atoms with Gasteiger partial charge in [0.2, 0.25) is 0 Å². The Hall–Kier alpha value is -2.24. The predicted molar refractivity (Wildman–Crippen MR) is 89.2 cm³/mol. The summed E-state index contributed by atoms with van der Waals surface area (Å²) in [5.74, 6) is 0.542. The quantitative estimate of drug-likeness (QED) is 0.746. The molecule has 1 fully saturated rings. The molecule has 1 aromatic carbocycles. The van der Waals surface area contributed by atoms with Gasteiger partial charge < -0.3 is 19.1 Å². The monoisotopic (exact) mass is 335 g/mol. The molecule has 1 aromatic rings. The smallest absolute Gasteiger partial charge is 0.310 e. The molecule has 1 unspecified atom stereocenters. The third-order valence-electron chi connectivity index (χ3n) is 4.06. The number of nitrogens with zero attached hydrogens (tertiary/aromatic N) is 1. The third-order valence-corrected chi connectivity index (χ3v) is 4.06. The number of piperidine rings is 1. The summed E-state index contributed by atoms with van der Waals surface area (Å²) in [5.41, 5.74) is 1.05. The maximum absolute atomic E-state index is 12.4. The molecule has 24 heavy (non-hydrogen) atoms. The summed E-state index contributed by atoms with van der Waals surface area (Å²) >= 11 is 0. The average molecular weight is 335 g/mol. The molecule has 0 saturated carbocycles. The Bertz CT molecular complexity index is 587. The van der Waals surface area contributed by atoms with Gasteiger partial charge in [0.25, 0.3) is 5.91 Å². The molecule has 2 rings (SSSR count). The van der Waals surface area contributed by atoms with Crippen LogP contribution in [-0.4, -0.2) is 50.2 Å². The molecular weight excluding hydrogens is 310 g/mol. The molecule has 1 aliphatic rings. The second-order valence-corrected chi connectivity index (χ2v) is 5.87. The van der Waals surface area contributed by atoms with Crippen LogP contribution in [0.5, 0.6) is 11.5 Å². The number of esters is 1. The molecule has 1 amide bonds. The zero-order valence-electron chi connectivity index (χ0n) is 14.5. The molecule has 132 valence electrons. The first-order chi connectivity index (χ1) is 11.5. The van der Waals surface area contributed by atoms with E-state index in [-0.39, 0.29) is 24.4 Å². The minimum Gasteiger partial charge on any atom is -0.493 e. The Balaban J connectivity index is 1.91. The van der Waals surface area contributed by atoms with Gasteiger partial charge in [-0.25, -0.2) is 0 Å². The highest BCUT2D eigenvalue weighted by Gasteiger charge is 2.29. The minimum absolute atomic E-state index is 0.0744. The lowest BCUT2D eigenvalue weighted by Crippen LogP contribution is -2.44. The molecule has 0 bridgehead atoms. The molecule has 1 heterocycles. The van der Waals surface area contributed by atoms with E-state index in [4.69, 9.17) is 14.2 Å². The number of likely N-dealkylation sites (tertiary alicyclic amines) is 1. The van der Waals surface area contributed by atoms with E-state index in [9.17, 15) is 9.59 Å². The van der Waals surface area contributed by atoms with Crippen LogP contribution in [0.4, 0.5) is 0 Å². The van der Waals surface area contributed by atoms with Crippen molar-refractivity contribution in [1.82, 2.24) is 4.90 Å². The second kappa shape index (κ2) is 8.57. The van der Waals surface area contributed by atoms with Gasteiger partial charge in [-0.3, -0.25) is 9.59 Å². The first-order valence-corrected chi connectivity index (χ1v) is 8.27. The normalized spacial score (nSPS) is 17.3. The fraction of sp³-hybridized carbons (Fsp3) is 0.556. The molecule has 0 N–H and O–H groups in total. The summed E-state index contributed by atoms with van der Waals surface area (Å²) in [6.45, 7) is 5.07. The van der Waals surface area contributed by atoms with Gasteiger partial charge >= 0.3 is 5.97 Å². The van der Waals surface area contributed by atoms with E-state index in [1.54, 1.807) is 25.0 Å². The van der Waals surface area contributed by atoms with Gasteiger partial charge in [-0.15, -0.1) is 0 Å². The fourth-order valence-electron chi connectivity index (χ4n) is 2.78. The molecule has 6 heteroatoms. The van der Waals surface area contributed by atoms with Crippen molar-refractivity contribution in [2.24, 2.45) is 5.92 Å². The molecule has 1 aliphatic heterocycles. The Morgan fingerprint density at radius 3 is 2.79 bits per heavy atom. The number of hydrogen-bond donors (Lipinski definition) is 0. The summed E-state index contributed by atoms with van der Waals surface area (Å²) < 4.78 is 15.9. The third kappa shape index (κ3) is 4.63. The average Bonchev–Trinajstić information content (AvgIpc) is 2.60. The zero-order valence-corrected chi connectivity index (χ0v) is 14.5. The molecule has 1 saturated heterocycles. The van der Waals surface area contributed by atoms with Gasteiger partial charge in [0.1, 0.15) is 0 Å². The standard InChI is InChI=1S/C18H25NO5/c1-4-23-18(21)14-6-5-9-19(11-14)17(20)12-24-15-8-7-13(2)10-16(15)22-3/h7-8,10,14H,4-6,9,11-12H2,1-3H3. The first-order valence-electron chi connectivity index (χ1n) is 8.27. The summed E-state index contributed by atoms with van der Waals surface area (Å²) in [5, 5.41) is 0. The topological polar surface area (TPSA) is 65.1 Å². The maximum Gasteiger partial charge on any atom is 0.310 e. The Morgan fingerprint density at radius 1 is 1.29 bits per heavy atom. The van der Waals surface area contributed by atoms with Crippen molar-refractivity contribution in [3.8, 4) is 11.5 Å². The number of ether oxygens (including phenoxy) is 3. The van der Waals surface area contributed by atoms with E-state index in [2.05, 4.69) is 0 Å². The second-order valence-electron chi connectivity index (χ2n) is 5.87. The van der Waals surface area contributed by atoms with E-state index in [1.165, 1.54) is 0 Å². The molecule has 6 nitrogen and oxygen atoms in total. The highest BCUT2D eigenvalue weighted by atomic mass is 16.5. The molecule has 0 aliphatic carbocycles. The highest BCUT2D eigenvalue weighted by molar-refractivity contribution is 5.79. The molecule has 1 atom stereocenters. The van der Waals surface area contributed by atoms with Gasteiger partial charge in [0.05, 0.1) is 19.6 Å². The number of methoxy groups -OCH3 is 1. The van der Waals surface area contributed by atoms with E-state index in [0.29, 0.717) is 31.2 Å². The lowest BCUT2D eigenvalue weighted by atomic mass is 9.98. The summed E-state index contributed by atoms with van der Waals surface area (Å²) in [6.07, 6.45) is 1.55. The highest BCUT2D eigenvalue weighted by Crippen LogP contribution is 2.28. The van der Waals surface area contributed by atoms with Crippen LogP contribution in [0.1, 0.15) is 25.3 Å². The summed E-state index contributed by atoms with van der Waals surface area (Å²) in [4.78, 5) is 25.9. The van der Waals surface area contributed by atoms with Crippen LogP contribution in [0.25, 0.3) is 0 Å². The maximum atomic E-state index is 12.4. The van der Waals surface area contributed by atoms with Crippen molar-refractivity contribution in [2.45, 2.75) is 26.7 Å². The summed E-state index contributed by atoms with van der Waals surface area (Å²) in [7, 11) is 1.57.